The van der Waals surface area contributed by atoms with Crippen LogP contribution in [0.4, 0.5) is 5.69 Å². The molecule has 19 heavy (non-hydrogen) atoms. The van der Waals surface area contributed by atoms with Crippen LogP contribution >= 0.6 is 0 Å². The van der Waals surface area contributed by atoms with Gasteiger partial charge in [0.2, 0.25) is 0 Å². The van der Waals surface area contributed by atoms with Crippen molar-refractivity contribution < 1.29 is 4.92 Å². The van der Waals surface area contributed by atoms with Crippen LogP contribution in [0.5, 0.6) is 0 Å². The molecule has 1 atom stereocenters. The third kappa shape index (κ3) is 3.38. The lowest BCUT2D eigenvalue weighted by atomic mass is 10.0. The van der Waals surface area contributed by atoms with Gasteiger partial charge in [-0.1, -0.05) is 19.1 Å². The van der Waals surface area contributed by atoms with Crippen molar-refractivity contribution in [3.8, 4) is 0 Å². The summed E-state index contributed by atoms with van der Waals surface area (Å²) < 4.78 is 0. The number of rotatable bonds is 6. The number of non-ortho nitro benzene ring substituents is 1. The average Bonchev–Trinajstić information content (AvgIpc) is 2.93. The number of H-pyrrole nitrogens is 1. The van der Waals surface area contributed by atoms with Gasteiger partial charge in [0, 0.05) is 36.6 Å². The number of nitro groups is 1. The van der Waals surface area contributed by atoms with Crippen molar-refractivity contribution in [2.75, 3.05) is 0 Å². The summed E-state index contributed by atoms with van der Waals surface area (Å²) >= 11 is 0. The van der Waals surface area contributed by atoms with Gasteiger partial charge in [0.1, 0.15) is 0 Å². The number of imidazole rings is 1. The zero-order chi connectivity index (χ0) is 13.7. The van der Waals surface area contributed by atoms with E-state index in [1.54, 1.807) is 24.7 Å². The second kappa shape index (κ2) is 6.10. The van der Waals surface area contributed by atoms with Crippen LogP contribution < -0.4 is 5.32 Å². The highest BCUT2D eigenvalue weighted by atomic mass is 16.6. The van der Waals surface area contributed by atoms with Gasteiger partial charge in [-0.3, -0.25) is 10.1 Å². The van der Waals surface area contributed by atoms with Gasteiger partial charge in [0.05, 0.1) is 11.3 Å². The van der Waals surface area contributed by atoms with Crippen molar-refractivity contribution in [3.05, 3.63) is 58.2 Å². The van der Waals surface area contributed by atoms with Crippen molar-refractivity contribution in [2.24, 2.45) is 0 Å². The Kier molecular flexibility index (Phi) is 4.25. The van der Waals surface area contributed by atoms with E-state index < -0.39 is 0 Å². The van der Waals surface area contributed by atoms with E-state index in [0.29, 0.717) is 6.54 Å². The highest BCUT2D eigenvalue weighted by molar-refractivity contribution is 5.35. The maximum atomic E-state index is 10.8. The fourth-order valence-corrected chi connectivity index (χ4v) is 1.97. The molecule has 0 aliphatic carbocycles. The molecule has 0 radical (unpaired) electrons. The van der Waals surface area contributed by atoms with Crippen LogP contribution in [-0.4, -0.2) is 14.9 Å². The Morgan fingerprint density at radius 3 is 3.00 bits per heavy atom. The molecule has 0 fully saturated rings. The third-order valence-corrected chi connectivity index (χ3v) is 2.99. The number of hydrogen-bond donors (Lipinski definition) is 2. The zero-order valence-corrected chi connectivity index (χ0v) is 10.7. The Balaban J connectivity index is 2.08. The zero-order valence-electron chi connectivity index (χ0n) is 10.7. The Morgan fingerprint density at radius 2 is 2.37 bits per heavy atom. The highest BCUT2D eigenvalue weighted by Crippen LogP contribution is 2.21. The highest BCUT2D eigenvalue weighted by Gasteiger charge is 2.13. The van der Waals surface area contributed by atoms with Crippen molar-refractivity contribution in [3.63, 3.8) is 0 Å². The van der Waals surface area contributed by atoms with Crippen molar-refractivity contribution >= 4 is 5.69 Å². The minimum Gasteiger partial charge on any atom is -0.347 e. The Hall–Kier alpha value is -2.21. The van der Waals surface area contributed by atoms with E-state index in [9.17, 15) is 10.1 Å². The first-order chi connectivity index (χ1) is 9.20. The number of hydrogen-bond acceptors (Lipinski definition) is 4. The molecular formula is C13H16N4O2. The molecule has 0 aliphatic rings. The number of benzene rings is 1. The van der Waals surface area contributed by atoms with E-state index in [4.69, 9.17) is 0 Å². The first-order valence-corrected chi connectivity index (χ1v) is 6.15. The van der Waals surface area contributed by atoms with Crippen molar-refractivity contribution in [2.45, 2.75) is 25.9 Å². The molecule has 0 bridgehead atoms. The maximum Gasteiger partial charge on any atom is 0.269 e. The molecule has 1 aromatic heterocycles. The Bertz CT molecular complexity index is 539. The van der Waals surface area contributed by atoms with Crippen LogP contribution in [0.2, 0.25) is 0 Å². The molecule has 2 rings (SSSR count). The molecule has 0 amide bonds. The Morgan fingerprint density at radius 1 is 1.53 bits per heavy atom. The van der Waals surface area contributed by atoms with Gasteiger partial charge in [-0.2, -0.15) is 0 Å². The van der Waals surface area contributed by atoms with E-state index in [0.717, 1.165) is 17.7 Å². The van der Waals surface area contributed by atoms with Gasteiger partial charge < -0.3 is 10.3 Å². The monoisotopic (exact) mass is 260 g/mol. The second-order valence-corrected chi connectivity index (χ2v) is 4.27. The van der Waals surface area contributed by atoms with Crippen LogP contribution in [-0.2, 0) is 6.54 Å². The summed E-state index contributed by atoms with van der Waals surface area (Å²) in [6.45, 7) is 2.70. The maximum absolute atomic E-state index is 10.8. The number of aromatic nitrogens is 2. The summed E-state index contributed by atoms with van der Waals surface area (Å²) in [5.74, 6) is 0. The van der Waals surface area contributed by atoms with Crippen molar-refractivity contribution in [1.82, 2.24) is 15.3 Å². The number of aromatic amines is 1. The van der Waals surface area contributed by atoms with Crippen LogP contribution in [0.3, 0.4) is 0 Å². The average molecular weight is 260 g/mol. The van der Waals surface area contributed by atoms with Crippen LogP contribution in [0, 0.1) is 10.1 Å². The number of nitrogens with one attached hydrogen (secondary N) is 2. The molecule has 0 saturated heterocycles. The molecule has 2 aromatic rings. The summed E-state index contributed by atoms with van der Waals surface area (Å²) in [7, 11) is 0. The lowest BCUT2D eigenvalue weighted by Crippen LogP contribution is -2.20. The van der Waals surface area contributed by atoms with E-state index >= 15 is 0 Å². The van der Waals surface area contributed by atoms with Crippen LogP contribution in [0.1, 0.15) is 30.6 Å². The summed E-state index contributed by atoms with van der Waals surface area (Å²) in [5, 5.41) is 14.1. The summed E-state index contributed by atoms with van der Waals surface area (Å²) in [6.07, 6.45) is 4.24. The normalized spacial score (nSPS) is 12.3. The number of nitro benzene ring substituents is 1. The predicted molar refractivity (Wildman–Crippen MR) is 71.6 cm³/mol. The quantitative estimate of drug-likeness (QED) is 0.617. The smallest absolute Gasteiger partial charge is 0.269 e. The summed E-state index contributed by atoms with van der Waals surface area (Å²) in [4.78, 5) is 17.4. The molecule has 100 valence electrons. The molecule has 1 unspecified atom stereocenters. The van der Waals surface area contributed by atoms with Crippen LogP contribution in [0.15, 0.2) is 36.8 Å². The van der Waals surface area contributed by atoms with E-state index in [2.05, 4.69) is 15.3 Å². The third-order valence-electron chi connectivity index (χ3n) is 2.99. The van der Waals surface area contributed by atoms with Gasteiger partial charge in [0.25, 0.3) is 5.69 Å². The van der Waals surface area contributed by atoms with Crippen molar-refractivity contribution in [1.29, 1.82) is 0 Å². The molecule has 0 aliphatic heterocycles. The summed E-state index contributed by atoms with van der Waals surface area (Å²) in [6, 6.07) is 6.83. The predicted octanol–water partition coefficient (Wildman–Crippen LogP) is 2.56. The molecular weight excluding hydrogens is 244 g/mol. The molecule has 0 spiro atoms. The largest absolute Gasteiger partial charge is 0.347 e. The lowest BCUT2D eigenvalue weighted by molar-refractivity contribution is -0.384. The molecule has 2 N–H and O–H groups in total. The topological polar surface area (TPSA) is 83.8 Å². The van der Waals surface area contributed by atoms with Gasteiger partial charge in [-0.15, -0.1) is 0 Å². The molecule has 6 heteroatoms. The first-order valence-electron chi connectivity index (χ1n) is 6.15. The van der Waals surface area contributed by atoms with E-state index in [1.165, 1.54) is 6.07 Å². The molecule has 1 heterocycles. The molecule has 1 aromatic carbocycles. The van der Waals surface area contributed by atoms with Gasteiger partial charge in [-0.25, -0.2) is 4.98 Å². The summed E-state index contributed by atoms with van der Waals surface area (Å²) in [5.41, 5.74) is 2.04. The minimum absolute atomic E-state index is 0.0863. The SMILES string of the molecule is CCC(NCc1cnc[nH]1)c1cccc([N+](=O)[O-])c1. The molecule has 0 saturated carbocycles. The fourth-order valence-electron chi connectivity index (χ4n) is 1.97. The van der Waals surface area contributed by atoms with Gasteiger partial charge in [0.15, 0.2) is 0 Å². The van der Waals surface area contributed by atoms with Gasteiger partial charge >= 0.3 is 0 Å². The Labute approximate surface area is 111 Å². The van der Waals surface area contributed by atoms with E-state index in [-0.39, 0.29) is 16.7 Å². The second-order valence-electron chi connectivity index (χ2n) is 4.27. The lowest BCUT2D eigenvalue weighted by Gasteiger charge is -2.16. The minimum atomic E-state index is -0.370. The first kappa shape index (κ1) is 13.2. The molecule has 6 nitrogen and oxygen atoms in total. The number of nitrogens with zero attached hydrogens (tertiary/aromatic N) is 2. The fraction of sp³-hybridized carbons (Fsp3) is 0.308. The van der Waals surface area contributed by atoms with Gasteiger partial charge in [-0.05, 0) is 12.0 Å². The standard InChI is InChI=1S/C13H16N4O2/c1-2-13(15-8-11-7-14-9-16-11)10-4-3-5-12(6-10)17(18)19/h3-7,9,13,15H,2,8H2,1H3,(H,14,16). The van der Waals surface area contributed by atoms with E-state index in [1.807, 2.05) is 13.0 Å². The van der Waals surface area contributed by atoms with Crippen LogP contribution in [0.25, 0.3) is 0 Å².